The van der Waals surface area contributed by atoms with Crippen molar-refractivity contribution in [2.45, 2.75) is 13.2 Å². The summed E-state index contributed by atoms with van der Waals surface area (Å²) in [6.45, 7) is 0.866. The van der Waals surface area contributed by atoms with Gasteiger partial charge in [0, 0.05) is 18.0 Å². The highest BCUT2D eigenvalue weighted by atomic mass is 32.1. The van der Waals surface area contributed by atoms with E-state index in [9.17, 15) is 4.79 Å². The molecule has 0 atom stereocenters. The van der Waals surface area contributed by atoms with Gasteiger partial charge in [-0.05, 0) is 30.3 Å². The predicted octanol–water partition coefficient (Wildman–Crippen LogP) is 4.60. The Hall–Kier alpha value is -2.77. The fourth-order valence-electron chi connectivity index (χ4n) is 2.67. The molecule has 2 heterocycles. The van der Waals surface area contributed by atoms with Crippen LogP contribution >= 0.6 is 22.7 Å². The number of ether oxygens (including phenoxy) is 1. The second-order valence-electron chi connectivity index (χ2n) is 6.03. The summed E-state index contributed by atoms with van der Waals surface area (Å²) in [5.74, 6) is 0.593. The van der Waals surface area contributed by atoms with Gasteiger partial charge in [0.1, 0.15) is 17.4 Å². The van der Waals surface area contributed by atoms with Crippen LogP contribution in [0.4, 0.5) is 0 Å². The summed E-state index contributed by atoms with van der Waals surface area (Å²) in [5, 5.41) is 2.86. The van der Waals surface area contributed by atoms with Crippen LogP contribution in [0.3, 0.4) is 0 Å². The number of para-hydroxylation sites is 1. The lowest BCUT2D eigenvalue weighted by atomic mass is 10.2. The van der Waals surface area contributed by atoms with Crippen molar-refractivity contribution < 1.29 is 9.53 Å². The summed E-state index contributed by atoms with van der Waals surface area (Å²) >= 11 is 3.14. The summed E-state index contributed by atoms with van der Waals surface area (Å²) < 4.78 is 6.87. The zero-order valence-corrected chi connectivity index (χ0v) is 16.3. The van der Waals surface area contributed by atoms with Gasteiger partial charge in [0.25, 0.3) is 5.91 Å². The van der Waals surface area contributed by atoms with E-state index in [2.05, 4.69) is 9.97 Å². The molecule has 0 spiro atoms. The van der Waals surface area contributed by atoms with Crippen molar-refractivity contribution in [1.29, 1.82) is 0 Å². The number of rotatable bonds is 6. The molecule has 136 valence electrons. The molecule has 1 amide bonds. The number of thiazole rings is 2. The van der Waals surface area contributed by atoms with Crippen LogP contribution in [-0.4, -0.2) is 27.8 Å². The van der Waals surface area contributed by atoms with Crippen molar-refractivity contribution >= 4 is 38.8 Å². The first kappa shape index (κ1) is 17.6. The molecule has 0 aliphatic carbocycles. The molecule has 2 aromatic carbocycles. The third-order valence-electron chi connectivity index (χ3n) is 4.01. The fourth-order valence-corrected chi connectivity index (χ4v) is 4.23. The Morgan fingerprint density at radius 1 is 1.19 bits per heavy atom. The van der Waals surface area contributed by atoms with E-state index in [1.165, 1.54) is 11.3 Å². The maximum absolute atomic E-state index is 12.8. The van der Waals surface area contributed by atoms with Crippen LogP contribution in [0.25, 0.3) is 10.2 Å². The third-order valence-corrected chi connectivity index (χ3v) is 5.66. The van der Waals surface area contributed by atoms with Gasteiger partial charge in [-0.2, -0.15) is 0 Å². The minimum absolute atomic E-state index is 0.0617. The Morgan fingerprint density at radius 3 is 2.89 bits per heavy atom. The van der Waals surface area contributed by atoms with Gasteiger partial charge in [-0.3, -0.25) is 4.79 Å². The standard InChI is InChI=1S/C20H17N3O2S2/c1-23(10-19-22-17-7-2-3-8-18(17)27-19)20(24)14-5-4-6-16(9-14)25-11-15-12-26-13-21-15/h2-9,12-13H,10-11H2,1H3. The van der Waals surface area contributed by atoms with Crippen molar-refractivity contribution in [2.75, 3.05) is 7.05 Å². The van der Waals surface area contributed by atoms with Crippen LogP contribution in [0.5, 0.6) is 5.75 Å². The number of carbonyl (C=O) groups excluding carboxylic acids is 1. The molecule has 4 rings (SSSR count). The molecule has 0 fully saturated rings. The number of aromatic nitrogens is 2. The number of benzene rings is 2. The highest BCUT2D eigenvalue weighted by Crippen LogP contribution is 2.23. The van der Waals surface area contributed by atoms with E-state index in [0.717, 1.165) is 20.9 Å². The molecule has 7 heteroatoms. The predicted molar refractivity (Wildman–Crippen MR) is 108 cm³/mol. The van der Waals surface area contributed by atoms with Gasteiger partial charge in [0.2, 0.25) is 0 Å². The fraction of sp³-hybridized carbons (Fsp3) is 0.150. The number of amides is 1. The van der Waals surface area contributed by atoms with Gasteiger partial charge in [-0.25, -0.2) is 9.97 Å². The molecule has 5 nitrogen and oxygen atoms in total. The van der Waals surface area contributed by atoms with Crippen LogP contribution < -0.4 is 4.74 Å². The highest BCUT2D eigenvalue weighted by molar-refractivity contribution is 7.18. The third kappa shape index (κ3) is 4.15. The topological polar surface area (TPSA) is 55.3 Å². The second-order valence-corrected chi connectivity index (χ2v) is 7.87. The van der Waals surface area contributed by atoms with Crippen LogP contribution in [0.2, 0.25) is 0 Å². The largest absolute Gasteiger partial charge is 0.487 e. The SMILES string of the molecule is CN(Cc1nc2ccccc2s1)C(=O)c1cccc(OCc2cscn2)c1. The summed E-state index contributed by atoms with van der Waals surface area (Å²) in [6.07, 6.45) is 0. The average Bonchev–Trinajstić information content (AvgIpc) is 3.35. The molecule has 0 unspecified atom stereocenters. The van der Waals surface area contributed by atoms with Crippen molar-refractivity contribution in [3.63, 3.8) is 0 Å². The van der Waals surface area contributed by atoms with E-state index in [4.69, 9.17) is 4.74 Å². The minimum atomic E-state index is -0.0617. The Bertz CT molecular complexity index is 1030. The first-order valence-corrected chi connectivity index (χ1v) is 10.1. The Kier molecular flexibility index (Phi) is 5.13. The zero-order valence-electron chi connectivity index (χ0n) is 14.7. The lowest BCUT2D eigenvalue weighted by Gasteiger charge is -2.16. The summed E-state index contributed by atoms with van der Waals surface area (Å²) in [7, 11) is 1.79. The first-order valence-electron chi connectivity index (χ1n) is 8.39. The highest BCUT2D eigenvalue weighted by Gasteiger charge is 2.15. The van der Waals surface area contributed by atoms with Crippen molar-refractivity contribution in [1.82, 2.24) is 14.9 Å². The Morgan fingerprint density at radius 2 is 2.07 bits per heavy atom. The van der Waals surface area contributed by atoms with Gasteiger partial charge in [0.15, 0.2) is 0 Å². The van der Waals surface area contributed by atoms with Crippen molar-refractivity contribution in [3.05, 3.63) is 75.7 Å². The molecule has 0 radical (unpaired) electrons. The zero-order chi connectivity index (χ0) is 18.6. The molecule has 0 saturated heterocycles. The molecule has 2 aromatic heterocycles. The van der Waals surface area contributed by atoms with Crippen LogP contribution in [0.1, 0.15) is 21.1 Å². The quantitative estimate of drug-likeness (QED) is 0.479. The molecule has 0 saturated carbocycles. The van der Waals surface area contributed by atoms with Crippen LogP contribution in [0.15, 0.2) is 59.4 Å². The normalized spacial score (nSPS) is 10.9. The van der Waals surface area contributed by atoms with E-state index < -0.39 is 0 Å². The number of fused-ring (bicyclic) bond motifs is 1. The van der Waals surface area contributed by atoms with Gasteiger partial charge in [-0.1, -0.05) is 18.2 Å². The monoisotopic (exact) mass is 395 g/mol. The van der Waals surface area contributed by atoms with Crippen molar-refractivity contribution in [3.8, 4) is 5.75 Å². The Balaban J connectivity index is 1.44. The van der Waals surface area contributed by atoms with Crippen LogP contribution in [-0.2, 0) is 13.2 Å². The van der Waals surface area contributed by atoms with Gasteiger partial charge >= 0.3 is 0 Å². The molecule has 0 N–H and O–H groups in total. The molecular weight excluding hydrogens is 378 g/mol. The lowest BCUT2D eigenvalue weighted by Crippen LogP contribution is -2.26. The average molecular weight is 396 g/mol. The van der Waals surface area contributed by atoms with E-state index in [-0.39, 0.29) is 5.91 Å². The second kappa shape index (κ2) is 7.85. The summed E-state index contributed by atoms with van der Waals surface area (Å²) in [6, 6.07) is 15.2. The van der Waals surface area contributed by atoms with E-state index in [0.29, 0.717) is 24.5 Å². The van der Waals surface area contributed by atoms with Crippen LogP contribution in [0, 0.1) is 0 Å². The smallest absolute Gasteiger partial charge is 0.254 e. The van der Waals surface area contributed by atoms with Crippen molar-refractivity contribution in [2.24, 2.45) is 0 Å². The molecule has 27 heavy (non-hydrogen) atoms. The number of nitrogens with zero attached hydrogens (tertiary/aromatic N) is 3. The maximum atomic E-state index is 12.8. The first-order chi connectivity index (χ1) is 13.2. The van der Waals surface area contributed by atoms with Gasteiger partial charge in [-0.15, -0.1) is 22.7 Å². The van der Waals surface area contributed by atoms with Gasteiger partial charge in [0.05, 0.1) is 28.0 Å². The number of carbonyl (C=O) groups is 1. The molecule has 0 bridgehead atoms. The number of hydrogen-bond donors (Lipinski definition) is 0. The maximum Gasteiger partial charge on any atom is 0.254 e. The Labute approximate surface area is 164 Å². The molecule has 0 aliphatic rings. The molecule has 4 aromatic rings. The summed E-state index contributed by atoms with van der Waals surface area (Å²) in [5.41, 5.74) is 4.21. The molecule has 0 aliphatic heterocycles. The van der Waals surface area contributed by atoms with Gasteiger partial charge < -0.3 is 9.64 Å². The molecular formula is C20H17N3O2S2. The van der Waals surface area contributed by atoms with E-state index >= 15 is 0 Å². The summed E-state index contributed by atoms with van der Waals surface area (Å²) in [4.78, 5) is 23.3. The van der Waals surface area contributed by atoms with E-state index in [1.807, 2.05) is 41.8 Å². The lowest BCUT2D eigenvalue weighted by molar-refractivity contribution is 0.0784. The minimum Gasteiger partial charge on any atom is -0.487 e. The van der Waals surface area contributed by atoms with E-state index in [1.54, 1.807) is 40.9 Å². The number of hydrogen-bond acceptors (Lipinski definition) is 6.